The van der Waals surface area contributed by atoms with Crippen LogP contribution in [0, 0.1) is 5.92 Å². The lowest BCUT2D eigenvalue weighted by Crippen LogP contribution is -2.30. The van der Waals surface area contributed by atoms with E-state index in [0.717, 1.165) is 22.9 Å². The lowest BCUT2D eigenvalue weighted by molar-refractivity contribution is -0.136. The van der Waals surface area contributed by atoms with Gasteiger partial charge in [0.25, 0.3) is 0 Å². The molecule has 0 unspecified atom stereocenters. The highest BCUT2D eigenvalue weighted by Gasteiger charge is 2.19. The number of hydrogen-bond donors (Lipinski definition) is 1. The zero-order valence-electron chi connectivity index (χ0n) is 14.8. The molecule has 132 valence electrons. The molecule has 0 fully saturated rings. The Hall–Kier alpha value is -1.62. The number of hydrogen-bond acceptors (Lipinski definition) is 3. The average Bonchev–Trinajstić information content (AvgIpc) is 2.57. The second kappa shape index (κ2) is 10.3. The molecule has 0 aromatic heterocycles. The molecule has 0 spiro atoms. The summed E-state index contributed by atoms with van der Waals surface area (Å²) < 4.78 is 5.93. The second-order valence-electron chi connectivity index (χ2n) is 6.00. The molecule has 1 aromatic carbocycles. The summed E-state index contributed by atoms with van der Waals surface area (Å²) in [5.41, 5.74) is 2.18. The maximum Gasteiger partial charge on any atom is 0.335 e. The van der Waals surface area contributed by atoms with Gasteiger partial charge in [-0.15, -0.1) is 0 Å². The summed E-state index contributed by atoms with van der Waals surface area (Å²) in [5.74, 6) is -0.625. The summed E-state index contributed by atoms with van der Waals surface area (Å²) in [5, 5.41) is 2.93. The van der Waals surface area contributed by atoms with E-state index in [1.54, 1.807) is 0 Å². The Bertz CT molecular complexity index is 591. The molecule has 5 heteroatoms. The fraction of sp³-hybridized carbons (Fsp3) is 0.474. The van der Waals surface area contributed by atoms with Gasteiger partial charge >= 0.3 is 5.97 Å². The molecule has 1 aromatic rings. The summed E-state index contributed by atoms with van der Waals surface area (Å²) in [4.78, 5) is 24.4. The molecule has 24 heavy (non-hydrogen) atoms. The Labute approximate surface area is 152 Å². The molecular weight excluding hydrogens is 370 g/mol. The molecule has 1 N–H and O–H groups in total. The highest BCUT2D eigenvalue weighted by atomic mass is 79.9. The molecule has 4 nitrogen and oxygen atoms in total. The summed E-state index contributed by atoms with van der Waals surface area (Å²) >= 11 is 3.41. The van der Waals surface area contributed by atoms with Crippen LogP contribution in [0.15, 0.2) is 40.0 Å². The number of ether oxygens (including phenoxy) is 1. The van der Waals surface area contributed by atoms with Gasteiger partial charge in [0.15, 0.2) is 0 Å². The molecule has 0 aliphatic carbocycles. The molecule has 0 saturated heterocycles. The van der Waals surface area contributed by atoms with E-state index < -0.39 is 5.97 Å². The van der Waals surface area contributed by atoms with Gasteiger partial charge in [-0.25, -0.2) is 4.79 Å². The van der Waals surface area contributed by atoms with E-state index in [-0.39, 0.29) is 11.8 Å². The molecule has 0 bridgehead atoms. The van der Waals surface area contributed by atoms with Gasteiger partial charge in [0, 0.05) is 22.5 Å². The normalized spacial score (nSPS) is 11.9. The van der Waals surface area contributed by atoms with E-state index in [4.69, 9.17) is 4.74 Å². The van der Waals surface area contributed by atoms with Gasteiger partial charge in [0.2, 0.25) is 5.91 Å². The van der Waals surface area contributed by atoms with Crippen molar-refractivity contribution in [1.29, 1.82) is 0 Å². The molecular formula is C19H26BrNO3. The lowest BCUT2D eigenvalue weighted by atomic mass is 10.00. The van der Waals surface area contributed by atoms with E-state index >= 15 is 0 Å². The van der Waals surface area contributed by atoms with Gasteiger partial charge < -0.3 is 10.1 Å². The summed E-state index contributed by atoms with van der Waals surface area (Å²) in [7, 11) is 1.37. The van der Waals surface area contributed by atoms with Crippen LogP contribution in [-0.4, -0.2) is 19.0 Å². The van der Waals surface area contributed by atoms with Gasteiger partial charge in [-0.2, -0.15) is 0 Å². The van der Waals surface area contributed by atoms with Crippen molar-refractivity contribution in [2.24, 2.45) is 5.92 Å². The molecule has 0 atom stereocenters. The van der Waals surface area contributed by atoms with Gasteiger partial charge in [0.1, 0.15) is 0 Å². The predicted molar refractivity (Wildman–Crippen MR) is 99.4 cm³/mol. The molecule has 1 amide bonds. The zero-order chi connectivity index (χ0) is 18.1. The van der Waals surface area contributed by atoms with E-state index in [1.165, 1.54) is 7.11 Å². The molecule has 0 aliphatic heterocycles. The van der Waals surface area contributed by atoms with Gasteiger partial charge in [-0.3, -0.25) is 4.79 Å². The summed E-state index contributed by atoms with van der Waals surface area (Å²) in [6.07, 6.45) is 2.95. The molecule has 0 aliphatic rings. The molecule has 0 radical (unpaired) electrons. The summed E-state index contributed by atoms with van der Waals surface area (Å²) in [6, 6.07) is 7.77. The number of benzene rings is 1. The average molecular weight is 396 g/mol. The van der Waals surface area contributed by atoms with E-state index in [0.29, 0.717) is 24.1 Å². The third kappa shape index (κ3) is 6.48. The predicted octanol–water partition coefficient (Wildman–Crippen LogP) is 4.38. The Morgan fingerprint density at radius 2 is 1.83 bits per heavy atom. The lowest BCUT2D eigenvalue weighted by Gasteiger charge is -2.17. The topological polar surface area (TPSA) is 55.4 Å². The van der Waals surface area contributed by atoms with Crippen LogP contribution in [0.5, 0.6) is 0 Å². The van der Waals surface area contributed by atoms with Crippen LogP contribution in [0.25, 0.3) is 0 Å². The van der Waals surface area contributed by atoms with E-state index in [2.05, 4.69) is 28.2 Å². The zero-order valence-corrected chi connectivity index (χ0v) is 16.4. The second-order valence-corrected chi connectivity index (χ2v) is 6.92. The first kappa shape index (κ1) is 20.4. The van der Waals surface area contributed by atoms with Crippen LogP contribution >= 0.6 is 15.9 Å². The number of unbranched alkanes of at least 4 members (excludes halogenated alkanes) is 1. The van der Waals surface area contributed by atoms with E-state index in [1.807, 2.05) is 38.1 Å². The largest absolute Gasteiger partial charge is 0.466 e. The maximum absolute atomic E-state index is 12.3. The van der Waals surface area contributed by atoms with Gasteiger partial charge in [-0.05, 0) is 30.5 Å². The third-order valence-corrected chi connectivity index (χ3v) is 4.20. The van der Waals surface area contributed by atoms with Crippen molar-refractivity contribution in [3.8, 4) is 0 Å². The molecule has 0 heterocycles. The maximum atomic E-state index is 12.3. The Kier molecular flexibility index (Phi) is 8.76. The summed E-state index contributed by atoms with van der Waals surface area (Å²) in [6.45, 7) is 5.74. The van der Waals surface area contributed by atoms with Crippen LogP contribution in [0.2, 0.25) is 0 Å². The minimum atomic E-state index is -0.395. The van der Waals surface area contributed by atoms with Crippen molar-refractivity contribution in [3.05, 3.63) is 45.6 Å². The van der Waals surface area contributed by atoms with Crippen molar-refractivity contribution >= 4 is 27.8 Å². The third-order valence-electron chi connectivity index (χ3n) is 3.67. The highest BCUT2D eigenvalue weighted by molar-refractivity contribution is 9.10. The van der Waals surface area contributed by atoms with Crippen molar-refractivity contribution in [2.45, 2.75) is 46.5 Å². The Morgan fingerprint density at radius 3 is 2.33 bits per heavy atom. The number of nitrogens with one attached hydrogen (secondary N) is 1. The first-order chi connectivity index (χ1) is 11.4. The van der Waals surface area contributed by atoms with E-state index in [9.17, 15) is 9.59 Å². The van der Waals surface area contributed by atoms with Crippen LogP contribution in [0.1, 0.15) is 45.6 Å². The van der Waals surface area contributed by atoms with Crippen molar-refractivity contribution in [3.63, 3.8) is 0 Å². The highest BCUT2D eigenvalue weighted by Crippen LogP contribution is 2.19. The van der Waals surface area contributed by atoms with Crippen LogP contribution in [0.3, 0.4) is 0 Å². The minimum Gasteiger partial charge on any atom is -0.466 e. The number of esters is 1. The smallest absolute Gasteiger partial charge is 0.335 e. The number of amides is 1. The number of allylic oxidation sites excluding steroid dienone is 1. The quantitative estimate of drug-likeness (QED) is 0.524. The van der Waals surface area contributed by atoms with Crippen molar-refractivity contribution in [1.82, 2.24) is 5.32 Å². The van der Waals surface area contributed by atoms with Gasteiger partial charge in [0.05, 0.1) is 12.7 Å². The van der Waals surface area contributed by atoms with Crippen LogP contribution < -0.4 is 5.32 Å². The van der Waals surface area contributed by atoms with Crippen molar-refractivity contribution < 1.29 is 14.3 Å². The van der Waals surface area contributed by atoms with Crippen molar-refractivity contribution in [2.75, 3.05) is 7.11 Å². The molecule has 1 rings (SSSR count). The fourth-order valence-corrected chi connectivity index (χ4v) is 2.43. The number of rotatable bonds is 8. The molecule has 0 saturated carbocycles. The standard InChI is InChI=1S/C19H26BrNO3/c1-5-6-7-17(21-18(22)13(2)3)16(19(23)24-4)12-14-8-10-15(20)11-9-14/h8-11,13H,5-7,12H2,1-4H3,(H,21,22)/b17-16-. The van der Waals surface area contributed by atoms with Gasteiger partial charge in [-0.1, -0.05) is 55.3 Å². The number of halogens is 1. The first-order valence-corrected chi connectivity index (χ1v) is 9.04. The SMILES string of the molecule is CCCC/C(NC(=O)C(C)C)=C(\Cc1ccc(Br)cc1)C(=O)OC. The van der Waals surface area contributed by atoms with Crippen LogP contribution in [-0.2, 0) is 20.7 Å². The number of carbonyl (C=O) groups is 2. The Balaban J connectivity index is 3.19. The Morgan fingerprint density at radius 1 is 1.21 bits per heavy atom. The van der Waals surface area contributed by atoms with Crippen LogP contribution in [0.4, 0.5) is 0 Å². The monoisotopic (exact) mass is 395 g/mol. The first-order valence-electron chi connectivity index (χ1n) is 8.24. The number of methoxy groups -OCH3 is 1. The number of carbonyl (C=O) groups excluding carboxylic acids is 2. The fourth-order valence-electron chi connectivity index (χ4n) is 2.17. The minimum absolute atomic E-state index is 0.0849.